The molecule has 8 heteroatoms. The Morgan fingerprint density at radius 3 is 2.43 bits per heavy atom. The zero-order valence-electron chi connectivity index (χ0n) is 19.2. The average Bonchev–Trinajstić information content (AvgIpc) is 2.86. The lowest BCUT2D eigenvalue weighted by Gasteiger charge is -2.34. The van der Waals surface area contributed by atoms with Gasteiger partial charge in [-0.25, -0.2) is 13.6 Å². The molecule has 3 aromatic carbocycles. The number of halogens is 2. The van der Waals surface area contributed by atoms with Crippen molar-refractivity contribution in [3.8, 4) is 5.75 Å². The van der Waals surface area contributed by atoms with Crippen LogP contribution in [0, 0.1) is 11.6 Å². The Balaban J connectivity index is 1.61. The number of ether oxygens (including phenoxy) is 1. The minimum Gasteiger partial charge on any atom is -0.497 e. The fraction of sp³-hybridized carbons (Fsp3) is 0.185. The molecule has 0 aromatic heterocycles. The van der Waals surface area contributed by atoms with Gasteiger partial charge in [-0.3, -0.25) is 4.79 Å². The number of hydrogen-bond donors (Lipinski definition) is 1. The quantitative estimate of drug-likeness (QED) is 0.517. The summed E-state index contributed by atoms with van der Waals surface area (Å²) in [5.41, 5.74) is 1.65. The standard InChI is InChI=1S/C27H25F2N3O3/c1-35-22-14-10-20(11-15-22)25-7-4-16-31(27(34)30-24-6-3-2-5-23(24)29)18-26(33)32(25)17-19-8-12-21(28)13-9-19/h2-15,25H,16-18H2,1H3,(H,30,34)/b7-4-. The number of benzene rings is 3. The molecule has 1 aliphatic heterocycles. The summed E-state index contributed by atoms with van der Waals surface area (Å²) >= 11 is 0. The lowest BCUT2D eigenvalue weighted by Crippen LogP contribution is -2.46. The number of nitrogens with one attached hydrogen (secondary N) is 1. The lowest BCUT2D eigenvalue weighted by atomic mass is 10.0. The molecule has 0 radical (unpaired) electrons. The van der Waals surface area contributed by atoms with Gasteiger partial charge in [0.05, 0.1) is 18.8 Å². The molecule has 3 amide bonds. The summed E-state index contributed by atoms with van der Waals surface area (Å²) in [4.78, 5) is 29.3. The predicted molar refractivity (Wildman–Crippen MR) is 129 cm³/mol. The van der Waals surface area contributed by atoms with Crippen LogP contribution in [0.1, 0.15) is 17.2 Å². The van der Waals surface area contributed by atoms with Crippen LogP contribution < -0.4 is 10.1 Å². The monoisotopic (exact) mass is 477 g/mol. The third-order valence-corrected chi connectivity index (χ3v) is 5.75. The first-order valence-electron chi connectivity index (χ1n) is 11.1. The normalized spacial score (nSPS) is 16.9. The number of hydrogen-bond acceptors (Lipinski definition) is 3. The summed E-state index contributed by atoms with van der Waals surface area (Å²) in [5.74, 6) is -0.540. The number of rotatable bonds is 5. The van der Waals surface area contributed by atoms with Crippen molar-refractivity contribution in [3.05, 3.63) is 108 Å². The van der Waals surface area contributed by atoms with E-state index in [2.05, 4.69) is 5.32 Å². The third-order valence-electron chi connectivity index (χ3n) is 5.75. The zero-order valence-corrected chi connectivity index (χ0v) is 19.2. The largest absolute Gasteiger partial charge is 0.497 e. The van der Waals surface area contributed by atoms with Gasteiger partial charge in [0.2, 0.25) is 5.91 Å². The number of carbonyl (C=O) groups is 2. The first-order valence-corrected chi connectivity index (χ1v) is 11.1. The third kappa shape index (κ3) is 5.84. The first kappa shape index (κ1) is 23.9. The van der Waals surface area contributed by atoms with Gasteiger partial charge in [-0.05, 0) is 47.5 Å². The van der Waals surface area contributed by atoms with Crippen LogP contribution in [0.3, 0.4) is 0 Å². The van der Waals surface area contributed by atoms with E-state index in [9.17, 15) is 18.4 Å². The van der Waals surface area contributed by atoms with Crippen LogP contribution >= 0.6 is 0 Å². The van der Waals surface area contributed by atoms with Crippen molar-refractivity contribution in [2.45, 2.75) is 12.6 Å². The van der Waals surface area contributed by atoms with Crippen LogP contribution in [-0.2, 0) is 11.3 Å². The molecule has 4 rings (SSSR count). The van der Waals surface area contributed by atoms with Crippen molar-refractivity contribution in [1.82, 2.24) is 9.80 Å². The minimum absolute atomic E-state index is 0.0373. The molecule has 1 unspecified atom stereocenters. The van der Waals surface area contributed by atoms with Gasteiger partial charge in [0.15, 0.2) is 0 Å². The molecule has 1 N–H and O–H groups in total. The van der Waals surface area contributed by atoms with E-state index in [0.717, 1.165) is 11.1 Å². The lowest BCUT2D eigenvalue weighted by molar-refractivity contribution is -0.134. The summed E-state index contributed by atoms with van der Waals surface area (Å²) in [6, 6.07) is 18.2. The van der Waals surface area contributed by atoms with Gasteiger partial charge < -0.3 is 19.9 Å². The van der Waals surface area contributed by atoms with E-state index >= 15 is 0 Å². The van der Waals surface area contributed by atoms with Gasteiger partial charge in [0.25, 0.3) is 0 Å². The second kappa shape index (κ2) is 10.8. The Hall–Kier alpha value is -4.20. The van der Waals surface area contributed by atoms with Gasteiger partial charge in [-0.1, -0.05) is 48.6 Å². The summed E-state index contributed by atoms with van der Waals surface area (Å²) in [6.07, 6.45) is 3.66. The minimum atomic E-state index is -0.585. The van der Waals surface area contributed by atoms with E-state index in [1.165, 1.54) is 35.2 Å². The summed E-state index contributed by atoms with van der Waals surface area (Å²) in [7, 11) is 1.58. The number of urea groups is 1. The molecule has 0 fully saturated rings. The van der Waals surface area contributed by atoms with Crippen LogP contribution in [0.15, 0.2) is 84.9 Å². The molecule has 1 heterocycles. The molecular formula is C27H25F2N3O3. The SMILES string of the molecule is COc1ccc(C2/C=C\CN(C(=O)Nc3ccccc3F)CC(=O)N2Cc2ccc(F)cc2)cc1. The highest BCUT2D eigenvalue weighted by atomic mass is 19.1. The van der Waals surface area contributed by atoms with Crippen LogP contribution in [0.5, 0.6) is 5.75 Å². The molecule has 6 nitrogen and oxygen atoms in total. The second-order valence-corrected chi connectivity index (χ2v) is 8.08. The fourth-order valence-electron chi connectivity index (χ4n) is 3.87. The number of nitrogens with zero attached hydrogens (tertiary/aromatic N) is 2. The predicted octanol–water partition coefficient (Wildman–Crippen LogP) is 5.15. The molecule has 0 bridgehead atoms. The van der Waals surface area contributed by atoms with Gasteiger partial charge in [-0.2, -0.15) is 0 Å². The van der Waals surface area contributed by atoms with Crippen molar-refractivity contribution < 1.29 is 23.1 Å². The van der Waals surface area contributed by atoms with Crippen LogP contribution in [0.4, 0.5) is 19.3 Å². The van der Waals surface area contributed by atoms with Gasteiger partial charge >= 0.3 is 6.03 Å². The Bertz CT molecular complexity index is 1210. The topological polar surface area (TPSA) is 61.9 Å². The Morgan fingerprint density at radius 1 is 1.03 bits per heavy atom. The van der Waals surface area contributed by atoms with Crippen LogP contribution in [0.2, 0.25) is 0 Å². The van der Waals surface area contributed by atoms with Crippen molar-refractivity contribution in [2.24, 2.45) is 0 Å². The van der Waals surface area contributed by atoms with E-state index in [0.29, 0.717) is 5.75 Å². The maximum Gasteiger partial charge on any atom is 0.322 e. The molecule has 3 aromatic rings. The molecule has 0 saturated carbocycles. The van der Waals surface area contributed by atoms with Crippen molar-refractivity contribution in [2.75, 3.05) is 25.5 Å². The maximum absolute atomic E-state index is 14.0. The molecule has 35 heavy (non-hydrogen) atoms. The fourth-order valence-corrected chi connectivity index (χ4v) is 3.87. The summed E-state index contributed by atoms with van der Waals surface area (Å²) in [5, 5.41) is 2.53. The van der Waals surface area contributed by atoms with Gasteiger partial charge in [0.1, 0.15) is 23.9 Å². The number of amides is 3. The highest BCUT2D eigenvalue weighted by Crippen LogP contribution is 2.28. The zero-order chi connectivity index (χ0) is 24.8. The number of carbonyl (C=O) groups excluding carboxylic acids is 2. The number of methoxy groups -OCH3 is 1. The van der Waals surface area contributed by atoms with E-state index in [4.69, 9.17) is 4.74 Å². The van der Waals surface area contributed by atoms with Crippen LogP contribution in [0.25, 0.3) is 0 Å². The smallest absolute Gasteiger partial charge is 0.322 e. The molecule has 1 aliphatic rings. The molecule has 0 aliphatic carbocycles. The molecule has 180 valence electrons. The van der Waals surface area contributed by atoms with Crippen molar-refractivity contribution in [1.29, 1.82) is 0 Å². The van der Waals surface area contributed by atoms with E-state index < -0.39 is 17.9 Å². The van der Waals surface area contributed by atoms with Crippen molar-refractivity contribution in [3.63, 3.8) is 0 Å². The van der Waals surface area contributed by atoms with E-state index in [1.807, 2.05) is 30.3 Å². The average molecular weight is 478 g/mol. The van der Waals surface area contributed by atoms with Gasteiger partial charge in [-0.15, -0.1) is 0 Å². The highest BCUT2D eigenvalue weighted by molar-refractivity contribution is 5.92. The Morgan fingerprint density at radius 2 is 1.74 bits per heavy atom. The first-order chi connectivity index (χ1) is 16.9. The molecule has 0 spiro atoms. The Kier molecular flexibility index (Phi) is 7.40. The second-order valence-electron chi connectivity index (χ2n) is 8.08. The molecule has 0 saturated heterocycles. The van der Waals surface area contributed by atoms with E-state index in [-0.39, 0.29) is 37.0 Å². The highest BCUT2D eigenvalue weighted by Gasteiger charge is 2.29. The Labute approximate surface area is 202 Å². The summed E-state index contributed by atoms with van der Waals surface area (Å²) in [6.45, 7) is 0.171. The number of para-hydroxylation sites is 1. The number of anilines is 1. The molecule has 1 atom stereocenters. The van der Waals surface area contributed by atoms with E-state index in [1.54, 1.807) is 36.3 Å². The van der Waals surface area contributed by atoms with Crippen molar-refractivity contribution >= 4 is 17.6 Å². The van der Waals surface area contributed by atoms with Crippen LogP contribution in [-0.4, -0.2) is 41.9 Å². The maximum atomic E-state index is 14.0. The van der Waals surface area contributed by atoms with Gasteiger partial charge in [0, 0.05) is 13.1 Å². The summed E-state index contributed by atoms with van der Waals surface area (Å²) < 4.78 is 32.7. The molecular weight excluding hydrogens is 452 g/mol.